The highest BCUT2D eigenvalue weighted by atomic mass is 32.2. The summed E-state index contributed by atoms with van der Waals surface area (Å²) in [5.74, 6) is -7.63. The number of carboxylic acids is 1. The van der Waals surface area contributed by atoms with Crippen LogP contribution in [0, 0.1) is 0 Å². The number of aliphatic hydroxyl groups excluding tert-OH is 1. The van der Waals surface area contributed by atoms with E-state index < -0.39 is 115 Å². The highest BCUT2D eigenvalue weighted by molar-refractivity contribution is 7.98. The number of carbonyl (C=O) groups is 9. The Balaban J connectivity index is 1.30. The number of thioether (sulfide) groups is 1. The Kier molecular flexibility index (Phi) is 21.6. The zero-order chi connectivity index (χ0) is 52.7. The molecule has 73 heavy (non-hydrogen) atoms. The molecule has 392 valence electrons. The fraction of sp³-hybridized carbons (Fsp3) is 0.429. The predicted octanol–water partition coefficient (Wildman–Crippen LogP) is -5.89. The monoisotopic (exact) mass is 1040 g/mol. The second-order valence-corrected chi connectivity index (χ2v) is 17.2. The molecule has 0 radical (unpaired) electrons. The van der Waals surface area contributed by atoms with E-state index in [0.717, 1.165) is 0 Å². The summed E-state index contributed by atoms with van der Waals surface area (Å²) in [6, 6.07) is -9.82. The topological polar surface area (TPSA) is 460 Å². The maximum atomic E-state index is 14.4. The minimum atomic E-state index is -1.65. The quantitative estimate of drug-likeness (QED) is 0.0197. The molecule has 5 aromatic heterocycles. The summed E-state index contributed by atoms with van der Waals surface area (Å²) in [5, 5.41) is 39.8. The number of hydrogen-bond acceptors (Lipinski definition) is 17. The molecule has 0 aromatic carbocycles. The van der Waals surface area contributed by atoms with Crippen LogP contribution in [0.15, 0.2) is 62.6 Å². The number of hydrogen-bond donors (Lipinski definition) is 16. The molecule has 5 aromatic rings. The van der Waals surface area contributed by atoms with Crippen molar-refractivity contribution in [2.45, 2.75) is 80.8 Å². The molecule has 0 aliphatic heterocycles. The largest absolute Gasteiger partial charge is 0.480 e. The Morgan fingerprint density at radius 3 is 1.14 bits per heavy atom. The summed E-state index contributed by atoms with van der Waals surface area (Å²) in [5.41, 5.74) is 7.69. The fourth-order valence-corrected chi connectivity index (χ4v) is 7.32. The van der Waals surface area contributed by atoms with Gasteiger partial charge in [0.1, 0.15) is 36.3 Å². The second-order valence-electron chi connectivity index (χ2n) is 16.2. The maximum Gasteiger partial charge on any atom is 0.326 e. The smallest absolute Gasteiger partial charge is 0.326 e. The lowest BCUT2D eigenvalue weighted by molar-refractivity contribution is -0.142. The molecule has 0 saturated carbocycles. The minimum Gasteiger partial charge on any atom is -0.480 e. The SMILES string of the molecule is CSCC[C@H](N)C(=O)NCC(=O)NCC(=O)N[C@@H](CO)C(=O)N[C@@H](Cc1cnc[nH]1)C(=O)N[C@@H](Cc1cnc[nH]1)C(=O)N[C@@H](Cc1cnc[nH]1)C(=O)N[C@@H](Cc1cnc[nH]1)C(=O)N[C@@H](Cc1cnc[nH]1)C(=O)O. The lowest BCUT2D eigenvalue weighted by Gasteiger charge is -2.27. The molecule has 7 atom stereocenters. The molecule has 0 unspecified atom stereocenters. The van der Waals surface area contributed by atoms with Crippen LogP contribution in [0.25, 0.3) is 0 Å². The fourth-order valence-electron chi connectivity index (χ4n) is 6.84. The van der Waals surface area contributed by atoms with Crippen LogP contribution in [0.5, 0.6) is 0 Å². The molecular weight excluding hydrogens is 979 g/mol. The third kappa shape index (κ3) is 18.3. The normalized spacial score (nSPS) is 13.9. The second kappa shape index (κ2) is 28.4. The van der Waals surface area contributed by atoms with Gasteiger partial charge in [0.2, 0.25) is 47.3 Å². The standard InChI is InChI=1S/C42H57N19O11S/c1-73-3-2-27(43)36(65)50-14-34(63)49-15-35(64)56-33(16-62)41(70)60-30(6-24-11-46-19-53-24)39(68)58-28(4-22-9-44-17-51-22)37(66)57-29(5-23-10-45-18-52-23)38(67)59-31(7-25-12-47-20-54-25)40(69)61-32(42(71)72)8-26-13-48-21-55-26/h9-13,17-21,27-33,62H,2-8,14-16,43H2,1H3,(H,44,51)(H,45,52)(H,46,53)(H,47,54)(H,48,55)(H,49,63)(H,50,65)(H,56,64)(H,57,66)(H,58,68)(H,59,67)(H,60,70)(H,61,69)(H,71,72)/t27-,28-,29-,30-,31-,32-,33-/m0/s1. The number of imidazole rings is 5. The van der Waals surface area contributed by atoms with Gasteiger partial charge in [0, 0.05) is 91.6 Å². The first-order chi connectivity index (χ1) is 35.1. The van der Waals surface area contributed by atoms with Gasteiger partial charge < -0.3 is 83.4 Å². The van der Waals surface area contributed by atoms with Crippen LogP contribution in [-0.4, -0.2) is 187 Å². The van der Waals surface area contributed by atoms with Crippen LogP contribution >= 0.6 is 11.8 Å². The van der Waals surface area contributed by atoms with E-state index in [1.165, 1.54) is 74.4 Å². The van der Waals surface area contributed by atoms with Crippen molar-refractivity contribution in [3.8, 4) is 0 Å². The van der Waals surface area contributed by atoms with Crippen LogP contribution < -0.4 is 48.3 Å². The Labute approximate surface area is 419 Å². The molecule has 0 fully saturated rings. The number of aliphatic hydroxyl groups is 1. The number of H-pyrrole nitrogens is 5. The molecule has 0 aliphatic rings. The summed E-state index contributed by atoms with van der Waals surface area (Å²) in [6.07, 6.45) is 14.8. The van der Waals surface area contributed by atoms with Gasteiger partial charge in [-0.05, 0) is 18.4 Å². The van der Waals surface area contributed by atoms with Crippen LogP contribution in [0.3, 0.4) is 0 Å². The van der Waals surface area contributed by atoms with E-state index in [4.69, 9.17) is 5.73 Å². The Hall–Kier alpha value is -8.45. The van der Waals surface area contributed by atoms with Crippen molar-refractivity contribution >= 4 is 65.0 Å². The third-order valence-electron chi connectivity index (χ3n) is 10.7. The highest BCUT2D eigenvalue weighted by Gasteiger charge is 2.35. The van der Waals surface area contributed by atoms with Crippen molar-refractivity contribution in [3.05, 3.63) is 91.1 Å². The lowest BCUT2D eigenvalue weighted by atomic mass is 10.0. The third-order valence-corrected chi connectivity index (χ3v) is 11.4. The van der Waals surface area contributed by atoms with Crippen molar-refractivity contribution in [2.24, 2.45) is 5.73 Å². The molecule has 0 aliphatic carbocycles. The Bertz CT molecular complexity index is 2540. The average Bonchev–Trinajstić information content (AvgIpc) is 4.24. The molecule has 8 amide bonds. The Morgan fingerprint density at radius 1 is 0.493 bits per heavy atom. The van der Waals surface area contributed by atoms with Crippen LogP contribution in [0.2, 0.25) is 0 Å². The number of carboxylic acid groups (broad SMARTS) is 1. The number of aromatic amines is 5. The van der Waals surface area contributed by atoms with Crippen LogP contribution in [-0.2, 0) is 75.3 Å². The molecule has 31 heteroatoms. The number of aliphatic carboxylic acids is 1. The summed E-state index contributed by atoms with van der Waals surface area (Å²) in [4.78, 5) is 154. The molecule has 5 rings (SSSR count). The van der Waals surface area contributed by atoms with Gasteiger partial charge in [-0.25, -0.2) is 29.7 Å². The molecule has 17 N–H and O–H groups in total. The van der Waals surface area contributed by atoms with Gasteiger partial charge in [0.05, 0.1) is 57.4 Å². The highest BCUT2D eigenvalue weighted by Crippen LogP contribution is 2.09. The van der Waals surface area contributed by atoms with Gasteiger partial charge in [0.15, 0.2) is 0 Å². The molecule has 30 nitrogen and oxygen atoms in total. The van der Waals surface area contributed by atoms with Gasteiger partial charge in [-0.3, -0.25) is 38.4 Å². The van der Waals surface area contributed by atoms with Crippen LogP contribution in [0.1, 0.15) is 34.9 Å². The molecule has 0 bridgehead atoms. The maximum absolute atomic E-state index is 14.4. The summed E-state index contributed by atoms with van der Waals surface area (Å²) in [7, 11) is 0. The van der Waals surface area contributed by atoms with Gasteiger partial charge in [0.25, 0.3) is 0 Å². The van der Waals surface area contributed by atoms with Crippen LogP contribution in [0.4, 0.5) is 0 Å². The zero-order valence-corrected chi connectivity index (χ0v) is 40.0. The van der Waals surface area contributed by atoms with Gasteiger partial charge in [-0.2, -0.15) is 11.8 Å². The van der Waals surface area contributed by atoms with E-state index >= 15 is 0 Å². The first-order valence-corrected chi connectivity index (χ1v) is 23.8. The number of carbonyl (C=O) groups excluding carboxylic acids is 8. The first-order valence-electron chi connectivity index (χ1n) is 22.4. The first kappa shape index (κ1) is 55.5. The van der Waals surface area contributed by atoms with Crippen molar-refractivity contribution in [3.63, 3.8) is 0 Å². The van der Waals surface area contributed by atoms with Crippen molar-refractivity contribution in [1.29, 1.82) is 0 Å². The Morgan fingerprint density at radius 2 is 0.822 bits per heavy atom. The van der Waals surface area contributed by atoms with Crippen molar-refractivity contribution in [2.75, 3.05) is 31.7 Å². The van der Waals surface area contributed by atoms with E-state index in [1.54, 1.807) is 0 Å². The summed E-state index contributed by atoms with van der Waals surface area (Å²) in [6.45, 7) is -2.09. The van der Waals surface area contributed by atoms with Gasteiger partial charge in [-0.15, -0.1) is 0 Å². The van der Waals surface area contributed by atoms with E-state index in [9.17, 15) is 53.4 Å². The number of nitrogens with zero attached hydrogens (tertiary/aromatic N) is 5. The van der Waals surface area contributed by atoms with Crippen molar-refractivity contribution in [1.82, 2.24) is 92.4 Å². The number of nitrogens with one attached hydrogen (secondary N) is 13. The predicted molar refractivity (Wildman–Crippen MR) is 255 cm³/mol. The van der Waals surface area contributed by atoms with Gasteiger partial charge >= 0.3 is 5.97 Å². The van der Waals surface area contributed by atoms with Gasteiger partial charge in [-0.1, -0.05) is 0 Å². The lowest BCUT2D eigenvalue weighted by Crippen LogP contribution is -2.61. The summed E-state index contributed by atoms with van der Waals surface area (Å²) >= 11 is 1.50. The van der Waals surface area contributed by atoms with E-state index in [1.807, 2.05) is 6.26 Å². The average molecular weight is 1040 g/mol. The molecule has 5 heterocycles. The number of aromatic nitrogens is 10. The number of nitrogens with two attached hydrogens (primary N) is 1. The minimum absolute atomic E-state index is 0.167. The van der Waals surface area contributed by atoms with Crippen molar-refractivity contribution < 1.29 is 53.4 Å². The number of rotatable bonds is 31. The molecular formula is C42H57N19O11S. The molecule has 0 saturated heterocycles. The summed E-state index contributed by atoms with van der Waals surface area (Å²) < 4.78 is 0. The number of amides is 8. The van der Waals surface area contributed by atoms with E-state index in [-0.39, 0.29) is 32.1 Å². The molecule has 0 spiro atoms. The van der Waals surface area contributed by atoms with E-state index in [2.05, 4.69) is 92.4 Å². The van der Waals surface area contributed by atoms with E-state index in [0.29, 0.717) is 40.6 Å². The zero-order valence-electron chi connectivity index (χ0n) is 39.2.